The molecular formula is C12H21ClN4O. The number of aromatic amines is 1. The van der Waals surface area contributed by atoms with Crippen molar-refractivity contribution in [2.75, 3.05) is 20.1 Å². The minimum absolute atomic E-state index is 0. The largest absolute Gasteiger partial charge is 0.341 e. The van der Waals surface area contributed by atoms with Crippen LogP contribution < -0.4 is 5.32 Å². The Morgan fingerprint density at radius 1 is 1.67 bits per heavy atom. The standard InChI is InChI=1S/C12H20N4O.ClH/c1-9-6-11(15-14-9)7-12(17)16-5-3-4-10(8-16)13-2;/h6,10,13H,3-5,7-8H2,1-2H3,(H,14,15);1H. The molecule has 18 heavy (non-hydrogen) atoms. The van der Waals surface area contributed by atoms with Crippen LogP contribution in [0.5, 0.6) is 0 Å². The highest BCUT2D eigenvalue weighted by molar-refractivity contribution is 5.85. The molecule has 6 heteroatoms. The molecule has 1 saturated heterocycles. The summed E-state index contributed by atoms with van der Waals surface area (Å²) in [6, 6.07) is 2.37. The first-order valence-corrected chi connectivity index (χ1v) is 6.15. The lowest BCUT2D eigenvalue weighted by atomic mass is 10.1. The van der Waals surface area contributed by atoms with Crippen molar-refractivity contribution in [2.24, 2.45) is 0 Å². The Morgan fingerprint density at radius 2 is 2.44 bits per heavy atom. The number of halogens is 1. The predicted molar refractivity (Wildman–Crippen MR) is 72.9 cm³/mol. The first kappa shape index (κ1) is 15.0. The van der Waals surface area contributed by atoms with Crippen LogP contribution in [0.3, 0.4) is 0 Å². The molecule has 0 spiro atoms. The Hall–Kier alpha value is -1.07. The average molecular weight is 273 g/mol. The summed E-state index contributed by atoms with van der Waals surface area (Å²) in [4.78, 5) is 14.0. The fraction of sp³-hybridized carbons (Fsp3) is 0.667. The lowest BCUT2D eigenvalue weighted by Crippen LogP contribution is -2.47. The first-order valence-electron chi connectivity index (χ1n) is 6.15. The predicted octanol–water partition coefficient (Wildman–Crippen LogP) is 0.893. The fourth-order valence-electron chi connectivity index (χ4n) is 2.27. The van der Waals surface area contributed by atoms with E-state index in [1.54, 1.807) is 0 Å². The summed E-state index contributed by atoms with van der Waals surface area (Å²) < 4.78 is 0. The number of carbonyl (C=O) groups is 1. The van der Waals surface area contributed by atoms with Gasteiger partial charge in [-0.15, -0.1) is 12.4 Å². The molecule has 1 aliphatic heterocycles. The molecule has 2 rings (SSSR count). The summed E-state index contributed by atoms with van der Waals surface area (Å²) in [7, 11) is 1.95. The van der Waals surface area contributed by atoms with Crippen LogP contribution in [-0.4, -0.2) is 47.2 Å². The second kappa shape index (κ2) is 6.75. The summed E-state index contributed by atoms with van der Waals surface area (Å²) in [5.74, 6) is 0.177. The number of H-pyrrole nitrogens is 1. The van der Waals surface area contributed by atoms with Crippen molar-refractivity contribution in [3.63, 3.8) is 0 Å². The van der Waals surface area contributed by atoms with Crippen LogP contribution in [0.1, 0.15) is 24.2 Å². The number of aromatic nitrogens is 2. The zero-order valence-corrected chi connectivity index (χ0v) is 11.7. The van der Waals surface area contributed by atoms with Crippen LogP contribution in [0.2, 0.25) is 0 Å². The molecule has 1 aliphatic rings. The minimum atomic E-state index is 0. The fourth-order valence-corrected chi connectivity index (χ4v) is 2.27. The Kier molecular flexibility index (Phi) is 5.62. The van der Waals surface area contributed by atoms with Crippen LogP contribution in [0.15, 0.2) is 6.07 Å². The molecule has 1 amide bonds. The third kappa shape index (κ3) is 3.71. The number of likely N-dealkylation sites (tertiary alicyclic amines) is 1. The van der Waals surface area contributed by atoms with Gasteiger partial charge in [0, 0.05) is 24.8 Å². The van der Waals surface area contributed by atoms with E-state index in [0.717, 1.165) is 37.3 Å². The van der Waals surface area contributed by atoms with Gasteiger partial charge in [0.2, 0.25) is 5.91 Å². The molecule has 2 heterocycles. The summed E-state index contributed by atoms with van der Waals surface area (Å²) in [6.45, 7) is 3.64. The molecule has 0 aromatic carbocycles. The highest BCUT2D eigenvalue weighted by Gasteiger charge is 2.22. The third-order valence-corrected chi connectivity index (χ3v) is 3.27. The molecule has 5 nitrogen and oxygen atoms in total. The van der Waals surface area contributed by atoms with Crippen LogP contribution in [0.4, 0.5) is 0 Å². The van der Waals surface area contributed by atoms with Gasteiger partial charge in [-0.2, -0.15) is 5.10 Å². The summed E-state index contributed by atoms with van der Waals surface area (Å²) in [5.41, 5.74) is 1.83. The monoisotopic (exact) mass is 272 g/mol. The third-order valence-electron chi connectivity index (χ3n) is 3.27. The number of rotatable bonds is 3. The van der Waals surface area contributed by atoms with Gasteiger partial charge in [0.15, 0.2) is 0 Å². The molecule has 0 radical (unpaired) electrons. The highest BCUT2D eigenvalue weighted by atomic mass is 35.5. The molecule has 0 saturated carbocycles. The van der Waals surface area contributed by atoms with Gasteiger partial charge in [-0.1, -0.05) is 0 Å². The van der Waals surface area contributed by atoms with Crippen LogP contribution in [-0.2, 0) is 11.2 Å². The second-order valence-electron chi connectivity index (χ2n) is 4.69. The van der Waals surface area contributed by atoms with E-state index in [4.69, 9.17) is 0 Å². The SMILES string of the molecule is CNC1CCCN(C(=O)Cc2cc(C)[nH]n2)C1.Cl. The van der Waals surface area contributed by atoms with E-state index in [2.05, 4.69) is 15.5 Å². The highest BCUT2D eigenvalue weighted by Crippen LogP contribution is 2.11. The van der Waals surface area contributed by atoms with Crippen molar-refractivity contribution in [3.05, 3.63) is 17.5 Å². The van der Waals surface area contributed by atoms with Crippen molar-refractivity contribution >= 4 is 18.3 Å². The summed E-state index contributed by atoms with van der Waals surface area (Å²) in [6.07, 6.45) is 2.64. The van der Waals surface area contributed by atoms with Crippen molar-refractivity contribution < 1.29 is 4.79 Å². The topological polar surface area (TPSA) is 61.0 Å². The summed E-state index contributed by atoms with van der Waals surface area (Å²) in [5, 5.41) is 10.2. The van der Waals surface area contributed by atoms with E-state index in [-0.39, 0.29) is 18.3 Å². The van der Waals surface area contributed by atoms with Gasteiger partial charge in [-0.05, 0) is 32.9 Å². The number of carbonyl (C=O) groups excluding carboxylic acids is 1. The number of hydrogen-bond acceptors (Lipinski definition) is 3. The van der Waals surface area contributed by atoms with Gasteiger partial charge in [0.25, 0.3) is 0 Å². The Labute approximate surface area is 114 Å². The van der Waals surface area contributed by atoms with Crippen LogP contribution in [0.25, 0.3) is 0 Å². The number of likely N-dealkylation sites (N-methyl/N-ethyl adjacent to an activating group) is 1. The van der Waals surface area contributed by atoms with E-state index in [1.807, 2.05) is 24.9 Å². The van der Waals surface area contributed by atoms with E-state index < -0.39 is 0 Å². The lowest BCUT2D eigenvalue weighted by molar-refractivity contribution is -0.131. The molecule has 102 valence electrons. The second-order valence-corrected chi connectivity index (χ2v) is 4.69. The summed E-state index contributed by atoms with van der Waals surface area (Å²) >= 11 is 0. The minimum Gasteiger partial charge on any atom is -0.341 e. The molecular weight excluding hydrogens is 252 g/mol. The maximum absolute atomic E-state index is 12.1. The van der Waals surface area contributed by atoms with Gasteiger partial charge < -0.3 is 10.2 Å². The normalized spacial score (nSPS) is 19.4. The number of aryl methyl sites for hydroxylation is 1. The molecule has 2 N–H and O–H groups in total. The van der Waals surface area contributed by atoms with Crippen LogP contribution in [0, 0.1) is 6.92 Å². The number of piperidine rings is 1. The van der Waals surface area contributed by atoms with Gasteiger partial charge >= 0.3 is 0 Å². The van der Waals surface area contributed by atoms with Crippen LogP contribution >= 0.6 is 12.4 Å². The van der Waals surface area contributed by atoms with Crippen molar-refractivity contribution in [1.29, 1.82) is 0 Å². The Bertz CT molecular complexity index is 393. The van der Waals surface area contributed by atoms with E-state index in [0.29, 0.717) is 12.5 Å². The number of hydrogen-bond donors (Lipinski definition) is 2. The van der Waals surface area contributed by atoms with Gasteiger partial charge in [0.1, 0.15) is 0 Å². The van der Waals surface area contributed by atoms with E-state index >= 15 is 0 Å². The molecule has 0 bridgehead atoms. The van der Waals surface area contributed by atoms with E-state index in [9.17, 15) is 4.79 Å². The number of nitrogens with one attached hydrogen (secondary N) is 2. The number of amides is 1. The zero-order valence-electron chi connectivity index (χ0n) is 10.9. The maximum atomic E-state index is 12.1. The Balaban J connectivity index is 0.00000162. The molecule has 0 aliphatic carbocycles. The first-order chi connectivity index (χ1) is 8.19. The molecule has 1 fully saturated rings. The molecule has 1 unspecified atom stereocenters. The molecule has 1 aromatic heterocycles. The van der Waals surface area contributed by atoms with Crippen molar-refractivity contribution in [1.82, 2.24) is 20.4 Å². The zero-order chi connectivity index (χ0) is 12.3. The van der Waals surface area contributed by atoms with Gasteiger partial charge in [-0.3, -0.25) is 9.89 Å². The van der Waals surface area contributed by atoms with Crippen molar-refractivity contribution in [3.8, 4) is 0 Å². The van der Waals surface area contributed by atoms with Gasteiger partial charge in [-0.25, -0.2) is 0 Å². The maximum Gasteiger partial charge on any atom is 0.228 e. The van der Waals surface area contributed by atoms with Crippen molar-refractivity contribution in [2.45, 2.75) is 32.2 Å². The molecule has 1 atom stereocenters. The smallest absolute Gasteiger partial charge is 0.228 e. The Morgan fingerprint density at radius 3 is 3.06 bits per heavy atom. The quantitative estimate of drug-likeness (QED) is 0.859. The average Bonchev–Trinajstić information content (AvgIpc) is 2.75. The number of nitrogens with zero attached hydrogens (tertiary/aromatic N) is 2. The van der Waals surface area contributed by atoms with E-state index in [1.165, 1.54) is 0 Å². The van der Waals surface area contributed by atoms with Gasteiger partial charge in [0.05, 0.1) is 12.1 Å². The lowest BCUT2D eigenvalue weighted by Gasteiger charge is -2.32. The molecule has 1 aromatic rings.